The van der Waals surface area contributed by atoms with Crippen molar-refractivity contribution in [3.05, 3.63) is 93.3 Å². The van der Waals surface area contributed by atoms with E-state index in [0.717, 1.165) is 16.2 Å². The lowest BCUT2D eigenvalue weighted by Crippen LogP contribution is -2.26. The molecule has 1 amide bonds. The van der Waals surface area contributed by atoms with E-state index >= 15 is 0 Å². The maximum absolute atomic E-state index is 12.3. The van der Waals surface area contributed by atoms with Gasteiger partial charge in [-0.15, -0.1) is 10.2 Å². The van der Waals surface area contributed by atoms with E-state index in [9.17, 15) is 14.9 Å². The number of nitrogens with zero attached hydrogens (tertiary/aromatic N) is 5. The molecule has 162 valence electrons. The number of thioether (sulfide) groups is 1. The highest BCUT2D eigenvalue weighted by molar-refractivity contribution is 7.98. The third kappa shape index (κ3) is 5.09. The molecule has 0 aliphatic carbocycles. The lowest BCUT2D eigenvalue weighted by molar-refractivity contribution is -0.384. The van der Waals surface area contributed by atoms with Crippen LogP contribution >= 0.6 is 11.8 Å². The Hall–Kier alpha value is -3.79. The van der Waals surface area contributed by atoms with Gasteiger partial charge in [0, 0.05) is 36.4 Å². The zero-order chi connectivity index (χ0) is 22.5. The van der Waals surface area contributed by atoms with Crippen LogP contribution in [0.15, 0.2) is 65.7 Å². The maximum Gasteiger partial charge on any atom is 0.269 e. The molecule has 9 nitrogen and oxygen atoms in total. The molecule has 0 fully saturated rings. The highest BCUT2D eigenvalue weighted by atomic mass is 32.2. The summed E-state index contributed by atoms with van der Waals surface area (Å²) in [6, 6.07) is 17.6. The number of aromatic nitrogens is 4. The van der Waals surface area contributed by atoms with Crippen LogP contribution in [0.5, 0.6) is 0 Å². The van der Waals surface area contributed by atoms with E-state index in [0.29, 0.717) is 35.8 Å². The van der Waals surface area contributed by atoms with E-state index in [4.69, 9.17) is 0 Å². The fraction of sp³-hybridized carbons (Fsp3) is 0.182. The Morgan fingerprint density at radius 2 is 1.81 bits per heavy atom. The first-order valence-corrected chi connectivity index (χ1v) is 10.9. The van der Waals surface area contributed by atoms with Gasteiger partial charge in [0.05, 0.1) is 4.92 Å². The molecule has 0 saturated carbocycles. The minimum atomic E-state index is -0.414. The SMILES string of the molecule is Cc1ccc(C(=O)NCCc2nnc3ccc(SCc4ccc([N+](=O)[O-])cc4)nn23)cc1. The summed E-state index contributed by atoms with van der Waals surface area (Å²) in [5.41, 5.74) is 3.38. The van der Waals surface area contributed by atoms with Crippen LogP contribution in [0.1, 0.15) is 27.3 Å². The number of rotatable bonds is 8. The van der Waals surface area contributed by atoms with Crippen LogP contribution in [-0.2, 0) is 12.2 Å². The van der Waals surface area contributed by atoms with Crippen molar-refractivity contribution in [2.45, 2.75) is 24.1 Å². The predicted octanol–water partition coefficient (Wildman–Crippen LogP) is 3.61. The molecule has 0 unspecified atom stereocenters. The maximum atomic E-state index is 12.3. The topological polar surface area (TPSA) is 115 Å². The summed E-state index contributed by atoms with van der Waals surface area (Å²) in [4.78, 5) is 22.6. The number of aryl methyl sites for hydroxylation is 1. The van der Waals surface area contributed by atoms with E-state index in [1.165, 1.54) is 23.9 Å². The number of hydrogen-bond donors (Lipinski definition) is 1. The number of carbonyl (C=O) groups excluding carboxylic acids is 1. The van der Waals surface area contributed by atoms with Crippen molar-refractivity contribution in [3.8, 4) is 0 Å². The number of hydrogen-bond acceptors (Lipinski definition) is 7. The van der Waals surface area contributed by atoms with Crippen LogP contribution in [0.4, 0.5) is 5.69 Å². The zero-order valence-electron chi connectivity index (χ0n) is 17.3. The highest BCUT2D eigenvalue weighted by Gasteiger charge is 2.10. The second kappa shape index (κ2) is 9.56. The lowest BCUT2D eigenvalue weighted by Gasteiger charge is -2.06. The molecule has 0 saturated heterocycles. The smallest absolute Gasteiger partial charge is 0.269 e. The lowest BCUT2D eigenvalue weighted by atomic mass is 10.1. The molecule has 1 N–H and O–H groups in total. The predicted molar refractivity (Wildman–Crippen MR) is 121 cm³/mol. The van der Waals surface area contributed by atoms with Crippen molar-refractivity contribution in [3.63, 3.8) is 0 Å². The van der Waals surface area contributed by atoms with Gasteiger partial charge < -0.3 is 5.32 Å². The van der Waals surface area contributed by atoms with Gasteiger partial charge in [-0.05, 0) is 36.8 Å². The number of nitro groups is 1. The molecule has 4 rings (SSSR count). The van der Waals surface area contributed by atoms with Crippen molar-refractivity contribution in [2.24, 2.45) is 0 Å². The average Bonchev–Trinajstić information content (AvgIpc) is 3.20. The Morgan fingerprint density at radius 1 is 1.06 bits per heavy atom. The number of nitro benzene ring substituents is 1. The van der Waals surface area contributed by atoms with Gasteiger partial charge in [0.15, 0.2) is 11.5 Å². The number of amides is 1. The Kier molecular flexibility index (Phi) is 6.41. The zero-order valence-corrected chi connectivity index (χ0v) is 18.1. The van der Waals surface area contributed by atoms with Crippen LogP contribution < -0.4 is 5.32 Å². The van der Waals surface area contributed by atoms with E-state index < -0.39 is 4.92 Å². The first-order valence-electron chi connectivity index (χ1n) is 9.92. The standard InChI is InChI=1S/C22H20N6O3S/c1-15-2-6-17(7-3-15)22(29)23-13-12-20-25-24-19-10-11-21(26-27(19)20)32-14-16-4-8-18(9-5-16)28(30)31/h2-11H,12-14H2,1H3,(H,23,29). The normalized spacial score (nSPS) is 10.9. The molecule has 4 aromatic rings. The first-order chi connectivity index (χ1) is 15.5. The van der Waals surface area contributed by atoms with E-state index in [-0.39, 0.29) is 11.6 Å². The molecule has 10 heteroatoms. The highest BCUT2D eigenvalue weighted by Crippen LogP contribution is 2.22. The van der Waals surface area contributed by atoms with Gasteiger partial charge in [-0.3, -0.25) is 14.9 Å². The van der Waals surface area contributed by atoms with Crippen LogP contribution in [0.2, 0.25) is 0 Å². The van der Waals surface area contributed by atoms with Gasteiger partial charge in [0.1, 0.15) is 5.03 Å². The van der Waals surface area contributed by atoms with Crippen LogP contribution in [0, 0.1) is 17.0 Å². The minimum Gasteiger partial charge on any atom is -0.352 e. The molecule has 2 aromatic carbocycles. The van der Waals surface area contributed by atoms with Gasteiger partial charge in [-0.2, -0.15) is 9.61 Å². The van der Waals surface area contributed by atoms with Crippen molar-refractivity contribution in [1.29, 1.82) is 0 Å². The molecule has 2 heterocycles. The largest absolute Gasteiger partial charge is 0.352 e. The Bertz CT molecular complexity index is 1260. The molecule has 0 atom stereocenters. The summed E-state index contributed by atoms with van der Waals surface area (Å²) in [5, 5.41) is 27.4. The fourth-order valence-electron chi connectivity index (χ4n) is 3.02. The Balaban J connectivity index is 1.37. The van der Waals surface area contributed by atoms with Gasteiger partial charge in [0.25, 0.3) is 11.6 Å². The molecule has 0 spiro atoms. The minimum absolute atomic E-state index is 0.0712. The number of nitrogens with one attached hydrogen (secondary N) is 1. The number of benzene rings is 2. The Morgan fingerprint density at radius 3 is 2.53 bits per heavy atom. The summed E-state index contributed by atoms with van der Waals surface area (Å²) in [5.74, 6) is 1.15. The molecular weight excluding hydrogens is 428 g/mol. The molecule has 0 aliphatic rings. The molecule has 0 aliphatic heterocycles. The van der Waals surface area contributed by atoms with E-state index in [2.05, 4.69) is 20.6 Å². The van der Waals surface area contributed by atoms with Crippen LogP contribution in [-0.4, -0.2) is 37.2 Å². The summed E-state index contributed by atoms with van der Waals surface area (Å²) < 4.78 is 1.68. The second-order valence-electron chi connectivity index (χ2n) is 7.14. The summed E-state index contributed by atoms with van der Waals surface area (Å²) in [6.45, 7) is 2.39. The van der Waals surface area contributed by atoms with Crippen LogP contribution in [0.3, 0.4) is 0 Å². The summed E-state index contributed by atoms with van der Waals surface area (Å²) in [6.07, 6.45) is 0.488. The van der Waals surface area contributed by atoms with E-state index in [1.54, 1.807) is 28.8 Å². The van der Waals surface area contributed by atoms with Gasteiger partial charge in [0.2, 0.25) is 0 Å². The Labute approximate surface area is 188 Å². The van der Waals surface area contributed by atoms with Crippen molar-refractivity contribution in [2.75, 3.05) is 6.54 Å². The van der Waals surface area contributed by atoms with Crippen molar-refractivity contribution >= 4 is 29.0 Å². The number of non-ortho nitro benzene ring substituents is 1. The molecular formula is C22H20N6O3S. The average molecular weight is 449 g/mol. The molecule has 32 heavy (non-hydrogen) atoms. The summed E-state index contributed by atoms with van der Waals surface area (Å²) in [7, 11) is 0. The molecule has 0 radical (unpaired) electrons. The van der Waals surface area contributed by atoms with E-state index in [1.807, 2.05) is 31.2 Å². The van der Waals surface area contributed by atoms with Gasteiger partial charge in [-0.25, -0.2) is 0 Å². The summed E-state index contributed by atoms with van der Waals surface area (Å²) >= 11 is 1.51. The number of carbonyl (C=O) groups is 1. The van der Waals surface area contributed by atoms with Crippen molar-refractivity contribution < 1.29 is 9.72 Å². The number of fused-ring (bicyclic) bond motifs is 1. The van der Waals surface area contributed by atoms with Crippen LogP contribution in [0.25, 0.3) is 5.65 Å². The first kappa shape index (κ1) is 21.4. The van der Waals surface area contributed by atoms with Crippen molar-refractivity contribution in [1.82, 2.24) is 25.1 Å². The monoisotopic (exact) mass is 448 g/mol. The van der Waals surface area contributed by atoms with Gasteiger partial charge in [-0.1, -0.05) is 41.6 Å². The third-order valence-electron chi connectivity index (χ3n) is 4.78. The molecule has 0 bridgehead atoms. The quantitative estimate of drug-likeness (QED) is 0.249. The second-order valence-corrected chi connectivity index (χ2v) is 8.14. The van der Waals surface area contributed by atoms with Gasteiger partial charge >= 0.3 is 0 Å². The fourth-order valence-corrected chi connectivity index (χ4v) is 3.83. The molecule has 2 aromatic heterocycles. The third-order valence-corrected chi connectivity index (χ3v) is 5.78.